The molecule has 4 nitrogen and oxygen atoms in total. The molecule has 10 aromatic rings. The van der Waals surface area contributed by atoms with Crippen LogP contribution in [-0.2, 0) is 6.54 Å². The van der Waals surface area contributed by atoms with E-state index in [4.69, 9.17) is 9.98 Å². The van der Waals surface area contributed by atoms with Crippen molar-refractivity contribution in [3.63, 3.8) is 0 Å². The van der Waals surface area contributed by atoms with Gasteiger partial charge in [0.15, 0.2) is 5.84 Å². The first-order valence-electron chi connectivity index (χ1n) is 19.3. The van der Waals surface area contributed by atoms with Crippen LogP contribution in [-0.4, -0.2) is 23.3 Å². The van der Waals surface area contributed by atoms with Crippen molar-refractivity contribution in [2.45, 2.75) is 6.54 Å². The lowest BCUT2D eigenvalue weighted by molar-refractivity contribution is 1.05. The van der Waals surface area contributed by atoms with Crippen LogP contribution in [0.2, 0.25) is 0 Å². The maximum atomic E-state index is 5.06. The molecule has 2 heterocycles. The number of para-hydroxylation sites is 1. The van der Waals surface area contributed by atoms with Gasteiger partial charge in [-0.25, -0.2) is 4.99 Å². The molecule has 1 N–H and O–H groups in total. The summed E-state index contributed by atoms with van der Waals surface area (Å²) in [6, 6.07) is 69.0. The summed E-state index contributed by atoms with van der Waals surface area (Å²) in [5, 5.41) is 8.35. The van der Waals surface area contributed by atoms with Crippen LogP contribution < -0.4 is 5.32 Å². The van der Waals surface area contributed by atoms with Gasteiger partial charge in [-0.15, -0.1) is 11.3 Å². The summed E-state index contributed by atoms with van der Waals surface area (Å²) in [4.78, 5) is 10.1. The molecule has 57 heavy (non-hydrogen) atoms. The fraction of sp³-hybridized carbons (Fsp3) is 0.0385. The van der Waals surface area contributed by atoms with E-state index in [9.17, 15) is 0 Å². The Morgan fingerprint density at radius 1 is 0.509 bits per heavy atom. The van der Waals surface area contributed by atoms with Gasteiger partial charge in [0.1, 0.15) is 5.84 Å². The van der Waals surface area contributed by atoms with E-state index < -0.39 is 0 Å². The average molecular weight is 751 g/mol. The van der Waals surface area contributed by atoms with Gasteiger partial charge in [-0.2, -0.15) is 0 Å². The van der Waals surface area contributed by atoms with Gasteiger partial charge in [0.25, 0.3) is 0 Å². The Bertz CT molecular complexity index is 3100. The van der Waals surface area contributed by atoms with Gasteiger partial charge in [-0.05, 0) is 52.1 Å². The van der Waals surface area contributed by atoms with Gasteiger partial charge in [0.05, 0.1) is 17.6 Å². The molecule has 0 spiro atoms. The zero-order chi connectivity index (χ0) is 38.1. The molecule has 0 aliphatic carbocycles. The molecule has 0 aliphatic heterocycles. The van der Waals surface area contributed by atoms with E-state index in [1.807, 2.05) is 54.8 Å². The van der Waals surface area contributed by atoms with E-state index in [2.05, 4.69) is 168 Å². The van der Waals surface area contributed by atoms with E-state index in [1.165, 1.54) is 64.2 Å². The highest BCUT2D eigenvalue weighted by atomic mass is 32.1. The molecule has 0 fully saturated rings. The van der Waals surface area contributed by atoms with Crippen LogP contribution in [0.5, 0.6) is 0 Å². The number of hydrogen-bond donors (Lipinski definition) is 1. The Hall–Kier alpha value is -7.08. The van der Waals surface area contributed by atoms with E-state index in [1.54, 1.807) is 0 Å². The van der Waals surface area contributed by atoms with Crippen molar-refractivity contribution in [1.82, 2.24) is 9.88 Å². The topological polar surface area (TPSA) is 41.7 Å². The number of thiophene rings is 1. The van der Waals surface area contributed by atoms with Gasteiger partial charge in [0.2, 0.25) is 0 Å². The third kappa shape index (κ3) is 6.38. The average Bonchev–Trinajstić information content (AvgIpc) is 3.83. The van der Waals surface area contributed by atoms with Crippen molar-refractivity contribution in [3.8, 4) is 27.9 Å². The summed E-state index contributed by atoms with van der Waals surface area (Å²) in [5.41, 5.74) is 11.6. The van der Waals surface area contributed by atoms with Crippen LogP contribution >= 0.6 is 11.3 Å². The molecule has 2 aromatic heterocycles. The fourth-order valence-corrected chi connectivity index (χ4v) is 9.34. The summed E-state index contributed by atoms with van der Waals surface area (Å²) >= 11 is 1.90. The smallest absolute Gasteiger partial charge is 0.157 e. The second-order valence-corrected chi connectivity index (χ2v) is 15.2. The van der Waals surface area contributed by atoms with Crippen molar-refractivity contribution in [2.75, 3.05) is 7.05 Å². The van der Waals surface area contributed by atoms with Crippen LogP contribution in [0.3, 0.4) is 0 Å². The molecule has 10 rings (SSSR count). The number of hydrogen-bond acceptors (Lipinski definition) is 2. The van der Waals surface area contributed by atoms with E-state index in [-0.39, 0.29) is 0 Å². The Balaban J connectivity index is 1.04. The van der Waals surface area contributed by atoms with Gasteiger partial charge in [-0.1, -0.05) is 170 Å². The molecule has 0 aliphatic rings. The second-order valence-electron chi connectivity index (χ2n) is 14.2. The molecular weight excluding hydrogens is 713 g/mol. The first kappa shape index (κ1) is 34.4. The molecular formula is C52H38N4S. The molecule has 0 unspecified atom stereocenters. The highest BCUT2D eigenvalue weighted by Gasteiger charge is 2.17. The van der Waals surface area contributed by atoms with Gasteiger partial charge >= 0.3 is 0 Å². The second kappa shape index (κ2) is 14.9. The number of rotatable bonds is 7. The Morgan fingerprint density at radius 2 is 1.09 bits per heavy atom. The number of fused-ring (bicyclic) bond motifs is 6. The number of nitrogens with zero attached hydrogens (tertiary/aromatic N) is 3. The Morgan fingerprint density at radius 3 is 1.77 bits per heavy atom. The highest BCUT2D eigenvalue weighted by molar-refractivity contribution is 7.26. The first-order valence-corrected chi connectivity index (χ1v) is 20.1. The van der Waals surface area contributed by atoms with E-state index >= 15 is 0 Å². The van der Waals surface area contributed by atoms with Crippen molar-refractivity contribution >= 4 is 65.0 Å². The standard InChI is InChI=1S/C52H38N4S/c1-53-51(37-17-7-3-8-18-37)55-52(38-19-9-4-10-20-38)54-34-35-27-30-40(31-28-35)56-47-26-12-11-21-43(47)44-32-29-39(33-48(44)56)42-23-14-25-46-45-24-13-22-41(49(45)57-50(42)46)36-15-5-2-6-16-36/h2-33H,34H2,1H3,(H,53,54,55). The molecule has 0 amide bonds. The largest absolute Gasteiger partial charge is 0.373 e. The van der Waals surface area contributed by atoms with Crippen molar-refractivity contribution < 1.29 is 0 Å². The lowest BCUT2D eigenvalue weighted by Crippen LogP contribution is -2.21. The third-order valence-corrected chi connectivity index (χ3v) is 12.0. The lowest BCUT2D eigenvalue weighted by atomic mass is 9.99. The van der Waals surface area contributed by atoms with E-state index in [0.29, 0.717) is 12.4 Å². The van der Waals surface area contributed by atoms with Crippen molar-refractivity contribution in [1.29, 1.82) is 0 Å². The fourth-order valence-electron chi connectivity index (χ4n) is 7.97. The predicted molar refractivity (Wildman–Crippen MR) is 243 cm³/mol. The van der Waals surface area contributed by atoms with Gasteiger partial charge in [0, 0.05) is 54.8 Å². The van der Waals surface area contributed by atoms with Gasteiger partial charge < -0.3 is 9.88 Å². The predicted octanol–water partition coefficient (Wildman–Crippen LogP) is 13.1. The maximum absolute atomic E-state index is 5.06. The summed E-state index contributed by atoms with van der Waals surface area (Å²) < 4.78 is 5.04. The summed E-state index contributed by atoms with van der Waals surface area (Å²) in [6.45, 7) is 0.502. The molecule has 0 bridgehead atoms. The van der Waals surface area contributed by atoms with Crippen LogP contribution in [0.25, 0.3) is 69.9 Å². The van der Waals surface area contributed by atoms with Crippen LogP contribution in [0.4, 0.5) is 0 Å². The normalized spacial score (nSPS) is 12.2. The SMILES string of the molecule is CNC(=NC(=NCc1ccc(-n2c3ccccc3c3ccc(-c4cccc5c4sc4c(-c6ccccc6)cccc45)cc32)cc1)c1ccccc1)c1ccccc1. The van der Waals surface area contributed by atoms with Crippen LogP contribution in [0, 0.1) is 0 Å². The third-order valence-electron chi connectivity index (χ3n) is 10.7. The first-order chi connectivity index (χ1) is 28.2. The van der Waals surface area contributed by atoms with Crippen molar-refractivity contribution in [3.05, 3.63) is 211 Å². The highest BCUT2D eigenvalue weighted by Crippen LogP contribution is 2.44. The minimum absolute atomic E-state index is 0.502. The molecule has 0 radical (unpaired) electrons. The molecule has 0 atom stereocenters. The molecule has 8 aromatic carbocycles. The molecule has 5 heteroatoms. The van der Waals surface area contributed by atoms with E-state index in [0.717, 1.165) is 28.2 Å². The summed E-state index contributed by atoms with van der Waals surface area (Å²) in [7, 11) is 1.90. The zero-order valence-corrected chi connectivity index (χ0v) is 32.2. The van der Waals surface area contributed by atoms with Crippen LogP contribution in [0.1, 0.15) is 16.7 Å². The molecule has 0 saturated heterocycles. The zero-order valence-electron chi connectivity index (χ0n) is 31.4. The minimum atomic E-state index is 0.502. The number of amidine groups is 2. The lowest BCUT2D eigenvalue weighted by Gasteiger charge is -2.11. The van der Waals surface area contributed by atoms with Crippen molar-refractivity contribution in [2.24, 2.45) is 9.98 Å². The monoisotopic (exact) mass is 750 g/mol. The summed E-state index contributed by atoms with van der Waals surface area (Å²) in [6.07, 6.45) is 0. The summed E-state index contributed by atoms with van der Waals surface area (Å²) in [5.74, 6) is 1.47. The molecule has 0 saturated carbocycles. The number of benzene rings is 8. The number of nitrogens with one attached hydrogen (secondary N) is 1. The maximum Gasteiger partial charge on any atom is 0.157 e. The van der Waals surface area contributed by atoms with Crippen LogP contribution in [0.15, 0.2) is 204 Å². The Kier molecular flexibility index (Phi) is 8.98. The van der Waals surface area contributed by atoms with Gasteiger partial charge in [-0.3, -0.25) is 4.99 Å². The Labute approximate surface area is 335 Å². The number of aliphatic imine (C=N–C) groups is 2. The number of aromatic nitrogens is 1. The molecule has 272 valence electrons. The minimum Gasteiger partial charge on any atom is -0.373 e. The quantitative estimate of drug-likeness (QED) is 0.128.